The molecular formula is C16H18FN5O. The van der Waals surface area contributed by atoms with Crippen molar-refractivity contribution in [3.8, 4) is 0 Å². The zero-order valence-electron chi connectivity index (χ0n) is 12.3. The highest BCUT2D eigenvalue weighted by atomic mass is 19.1. The molecule has 0 spiro atoms. The second kappa shape index (κ2) is 7.19. The van der Waals surface area contributed by atoms with Gasteiger partial charge in [0, 0.05) is 12.2 Å². The van der Waals surface area contributed by atoms with Crippen LogP contribution in [0.4, 0.5) is 10.1 Å². The van der Waals surface area contributed by atoms with Gasteiger partial charge in [0.15, 0.2) is 0 Å². The Morgan fingerprint density at radius 3 is 2.70 bits per heavy atom. The van der Waals surface area contributed by atoms with E-state index >= 15 is 0 Å². The lowest BCUT2D eigenvalue weighted by Crippen LogP contribution is -2.50. The van der Waals surface area contributed by atoms with Crippen molar-refractivity contribution in [1.29, 1.82) is 0 Å². The van der Waals surface area contributed by atoms with Crippen molar-refractivity contribution in [1.82, 2.24) is 21.7 Å². The highest BCUT2D eigenvalue weighted by molar-refractivity contribution is 5.83. The maximum Gasteiger partial charge on any atom is 0.242 e. The first kappa shape index (κ1) is 15.4. The molecule has 0 bridgehead atoms. The SMILES string of the molecule is O=C(NCc1ccccc1)C1NNNC1Nc1cccc(F)c1. The molecule has 2 aromatic rings. The van der Waals surface area contributed by atoms with E-state index in [-0.39, 0.29) is 11.7 Å². The lowest BCUT2D eigenvalue weighted by Gasteiger charge is -2.20. The molecule has 1 heterocycles. The number of hydrogen-bond donors (Lipinski definition) is 5. The Labute approximate surface area is 133 Å². The van der Waals surface area contributed by atoms with Crippen molar-refractivity contribution in [2.24, 2.45) is 0 Å². The van der Waals surface area contributed by atoms with Gasteiger partial charge in [-0.25, -0.2) is 15.2 Å². The first-order valence-corrected chi connectivity index (χ1v) is 7.32. The molecule has 6 nitrogen and oxygen atoms in total. The number of rotatable bonds is 5. The van der Waals surface area contributed by atoms with E-state index in [2.05, 4.69) is 27.0 Å². The van der Waals surface area contributed by atoms with E-state index in [0.29, 0.717) is 12.2 Å². The van der Waals surface area contributed by atoms with Gasteiger partial charge in [0.2, 0.25) is 5.91 Å². The molecule has 1 saturated heterocycles. The standard InChI is InChI=1S/C16H18FN5O/c17-12-7-4-8-13(9-12)19-15-14(20-22-21-15)16(23)18-10-11-5-2-1-3-6-11/h1-9,14-15,19-22H,10H2,(H,18,23). The fourth-order valence-corrected chi connectivity index (χ4v) is 2.35. The van der Waals surface area contributed by atoms with Gasteiger partial charge in [-0.15, -0.1) is 0 Å². The highest BCUT2D eigenvalue weighted by Gasteiger charge is 2.32. The zero-order valence-corrected chi connectivity index (χ0v) is 12.3. The van der Waals surface area contributed by atoms with Gasteiger partial charge in [-0.3, -0.25) is 4.79 Å². The van der Waals surface area contributed by atoms with E-state index in [1.54, 1.807) is 12.1 Å². The Hall–Kier alpha value is -2.48. The van der Waals surface area contributed by atoms with Gasteiger partial charge >= 0.3 is 0 Å². The Morgan fingerprint density at radius 2 is 1.91 bits per heavy atom. The van der Waals surface area contributed by atoms with Crippen LogP contribution in [0, 0.1) is 5.82 Å². The predicted octanol–water partition coefficient (Wildman–Crippen LogP) is 0.861. The molecule has 0 saturated carbocycles. The number of benzene rings is 2. The second-order valence-electron chi connectivity index (χ2n) is 5.23. The maximum atomic E-state index is 13.2. The van der Waals surface area contributed by atoms with E-state index in [0.717, 1.165) is 5.56 Å². The summed E-state index contributed by atoms with van der Waals surface area (Å²) in [6.07, 6.45) is -0.410. The minimum Gasteiger partial charge on any atom is -0.367 e. The summed E-state index contributed by atoms with van der Waals surface area (Å²) >= 11 is 0. The number of amides is 1. The van der Waals surface area contributed by atoms with Crippen LogP contribution < -0.4 is 27.0 Å². The average Bonchev–Trinajstić information content (AvgIpc) is 3.02. The van der Waals surface area contributed by atoms with Crippen molar-refractivity contribution < 1.29 is 9.18 Å². The number of nitrogens with one attached hydrogen (secondary N) is 5. The topological polar surface area (TPSA) is 77.2 Å². The van der Waals surface area contributed by atoms with Crippen molar-refractivity contribution in [3.05, 3.63) is 66.0 Å². The summed E-state index contributed by atoms with van der Waals surface area (Å²) < 4.78 is 13.2. The van der Waals surface area contributed by atoms with Crippen LogP contribution >= 0.6 is 0 Å². The molecule has 1 amide bonds. The molecule has 1 aliphatic rings. The van der Waals surface area contributed by atoms with Gasteiger partial charge in [0.05, 0.1) is 0 Å². The first-order chi connectivity index (χ1) is 11.2. The minimum atomic E-state index is -0.540. The molecule has 2 unspecified atom stereocenters. The summed E-state index contributed by atoms with van der Waals surface area (Å²) in [4.78, 5) is 12.3. The summed E-state index contributed by atoms with van der Waals surface area (Å²) in [5, 5.41) is 5.95. The molecular weight excluding hydrogens is 297 g/mol. The van der Waals surface area contributed by atoms with E-state index in [9.17, 15) is 9.18 Å². The fraction of sp³-hybridized carbons (Fsp3) is 0.188. The first-order valence-electron chi connectivity index (χ1n) is 7.32. The molecule has 7 heteroatoms. The minimum absolute atomic E-state index is 0.166. The number of hydrazine groups is 2. The average molecular weight is 315 g/mol. The van der Waals surface area contributed by atoms with Crippen LogP contribution in [0.5, 0.6) is 0 Å². The van der Waals surface area contributed by atoms with Gasteiger partial charge in [-0.05, 0) is 23.8 Å². The third kappa shape index (κ3) is 4.04. The van der Waals surface area contributed by atoms with Crippen LogP contribution in [0.2, 0.25) is 0 Å². The zero-order chi connectivity index (χ0) is 16.1. The Balaban J connectivity index is 1.58. The quantitative estimate of drug-likeness (QED) is 0.566. The van der Waals surface area contributed by atoms with Gasteiger partial charge in [0.25, 0.3) is 0 Å². The number of carbonyl (C=O) groups excluding carboxylic acids is 1. The number of anilines is 1. The molecule has 23 heavy (non-hydrogen) atoms. The molecule has 5 N–H and O–H groups in total. The summed E-state index contributed by atoms with van der Waals surface area (Å²) in [7, 11) is 0. The Morgan fingerprint density at radius 1 is 1.09 bits per heavy atom. The smallest absolute Gasteiger partial charge is 0.242 e. The molecule has 2 atom stereocenters. The number of halogens is 1. The monoisotopic (exact) mass is 315 g/mol. The molecule has 1 fully saturated rings. The molecule has 120 valence electrons. The Bertz CT molecular complexity index is 667. The van der Waals surface area contributed by atoms with Gasteiger partial charge < -0.3 is 10.6 Å². The number of hydrogen-bond acceptors (Lipinski definition) is 5. The van der Waals surface area contributed by atoms with Crippen molar-refractivity contribution >= 4 is 11.6 Å². The molecule has 0 aromatic heterocycles. The van der Waals surface area contributed by atoms with Crippen LogP contribution in [0.1, 0.15) is 5.56 Å². The predicted molar refractivity (Wildman–Crippen MR) is 85.3 cm³/mol. The summed E-state index contributed by atoms with van der Waals surface area (Å²) in [5.74, 6) is -0.501. The molecule has 3 rings (SSSR count). The molecule has 1 aliphatic heterocycles. The largest absolute Gasteiger partial charge is 0.367 e. The van der Waals surface area contributed by atoms with Crippen LogP contribution in [0.25, 0.3) is 0 Å². The summed E-state index contributed by atoms with van der Waals surface area (Å²) in [6.45, 7) is 0.449. The van der Waals surface area contributed by atoms with Gasteiger partial charge in [0.1, 0.15) is 18.0 Å². The molecule has 0 aliphatic carbocycles. The van der Waals surface area contributed by atoms with Crippen LogP contribution in [0.15, 0.2) is 54.6 Å². The summed E-state index contributed by atoms with van der Waals surface area (Å²) in [6, 6.07) is 15.2. The highest BCUT2D eigenvalue weighted by Crippen LogP contribution is 2.12. The normalized spacial score (nSPS) is 20.2. The van der Waals surface area contributed by atoms with Gasteiger partial charge in [-0.2, -0.15) is 5.53 Å². The van der Waals surface area contributed by atoms with E-state index in [1.807, 2.05) is 30.3 Å². The van der Waals surface area contributed by atoms with Gasteiger partial charge in [-0.1, -0.05) is 36.4 Å². The third-order valence-corrected chi connectivity index (χ3v) is 3.53. The lowest BCUT2D eigenvalue weighted by atomic mass is 10.2. The number of carbonyl (C=O) groups is 1. The third-order valence-electron chi connectivity index (χ3n) is 3.53. The summed E-state index contributed by atoms with van der Waals surface area (Å²) in [5.41, 5.74) is 10.1. The lowest BCUT2D eigenvalue weighted by molar-refractivity contribution is -0.123. The van der Waals surface area contributed by atoms with Crippen LogP contribution in [-0.2, 0) is 11.3 Å². The van der Waals surface area contributed by atoms with E-state index in [1.165, 1.54) is 12.1 Å². The maximum absolute atomic E-state index is 13.2. The van der Waals surface area contributed by atoms with E-state index < -0.39 is 12.2 Å². The van der Waals surface area contributed by atoms with Crippen molar-refractivity contribution in [2.75, 3.05) is 5.32 Å². The van der Waals surface area contributed by atoms with Crippen molar-refractivity contribution in [2.45, 2.75) is 18.8 Å². The van der Waals surface area contributed by atoms with Crippen LogP contribution in [-0.4, -0.2) is 18.1 Å². The fourth-order valence-electron chi connectivity index (χ4n) is 2.35. The van der Waals surface area contributed by atoms with E-state index in [4.69, 9.17) is 0 Å². The van der Waals surface area contributed by atoms with Crippen molar-refractivity contribution in [3.63, 3.8) is 0 Å². The molecule has 2 aromatic carbocycles. The molecule has 0 radical (unpaired) electrons. The van der Waals surface area contributed by atoms with Crippen LogP contribution in [0.3, 0.4) is 0 Å². The second-order valence-corrected chi connectivity index (χ2v) is 5.23. The Kier molecular flexibility index (Phi) is 4.82.